The van der Waals surface area contributed by atoms with Gasteiger partial charge in [0, 0.05) is 41.6 Å². The van der Waals surface area contributed by atoms with Crippen molar-refractivity contribution in [2.75, 3.05) is 0 Å². The lowest BCUT2D eigenvalue weighted by atomic mass is 9.41. The van der Waals surface area contributed by atoms with Gasteiger partial charge in [-0.15, -0.1) is 0 Å². The van der Waals surface area contributed by atoms with E-state index in [1.807, 2.05) is 66.7 Å². The van der Waals surface area contributed by atoms with Crippen LogP contribution in [0, 0.1) is 35.0 Å². The summed E-state index contributed by atoms with van der Waals surface area (Å²) >= 11 is 0. The van der Waals surface area contributed by atoms with Crippen molar-refractivity contribution in [2.24, 2.45) is 35.0 Å². The topological polar surface area (TPSA) is 105 Å². The molecular weight excluding hydrogens is 536 g/mol. The summed E-state index contributed by atoms with van der Waals surface area (Å²) in [5.74, 6) is -2.11. The van der Waals surface area contributed by atoms with Gasteiger partial charge in [0.1, 0.15) is 41.3 Å². The van der Waals surface area contributed by atoms with Crippen LogP contribution >= 0.6 is 0 Å². The average Bonchev–Trinajstić information content (AvgIpc) is 3.60. The van der Waals surface area contributed by atoms with Crippen molar-refractivity contribution in [1.29, 1.82) is 0 Å². The van der Waals surface area contributed by atoms with E-state index in [-0.39, 0.29) is 61.0 Å². The molecule has 0 N–H and O–H groups in total. The zero-order valence-corrected chi connectivity index (χ0v) is 22.6. The average molecular weight is 565 g/mol. The van der Waals surface area contributed by atoms with Gasteiger partial charge in [0.25, 0.3) is 0 Å². The highest BCUT2D eigenvalue weighted by Crippen LogP contribution is 2.71. The monoisotopic (exact) mass is 564 g/mol. The third kappa shape index (κ3) is 3.02. The molecule has 42 heavy (non-hydrogen) atoms. The maximum Gasteiger partial charge on any atom is 0.306 e. The first-order chi connectivity index (χ1) is 20.4. The van der Waals surface area contributed by atoms with Gasteiger partial charge in [-0.25, -0.2) is 0 Å². The molecule has 1 saturated carbocycles. The van der Waals surface area contributed by atoms with Crippen LogP contribution in [0.4, 0.5) is 0 Å². The fraction of sp³-hybridized carbons (Fsp3) is 0.412. The van der Waals surface area contributed by atoms with Gasteiger partial charge in [0.2, 0.25) is 0 Å². The lowest BCUT2D eigenvalue weighted by molar-refractivity contribution is -0.198. The molecule has 0 radical (unpaired) electrons. The molecule has 4 aliphatic heterocycles. The molecule has 2 aromatic carbocycles. The van der Waals surface area contributed by atoms with Crippen molar-refractivity contribution < 1.29 is 38.1 Å². The van der Waals surface area contributed by atoms with Crippen LogP contribution in [0.2, 0.25) is 0 Å². The number of esters is 2. The number of rotatable bonds is 2. The van der Waals surface area contributed by atoms with Gasteiger partial charge in [-0.2, -0.15) is 0 Å². The Morgan fingerprint density at radius 1 is 0.667 bits per heavy atom. The van der Waals surface area contributed by atoms with Crippen LogP contribution in [-0.4, -0.2) is 35.7 Å². The molecule has 0 aromatic heterocycles. The highest BCUT2D eigenvalue weighted by atomic mass is 16.6. The number of fused-ring (bicyclic) bond motifs is 2. The SMILES string of the molecule is O=C1C[C@@H]2C3=C(O[C@H](c4ccccc4)CC3=O)C3[C@@H](C4C=C5O[C@@H](c6ccccc6)CC(=O)C53[C@H]3CC(=O)O[C@@H]43)[C@@H]2O1. The minimum atomic E-state index is -1.26. The Bertz CT molecular complexity index is 1630. The minimum Gasteiger partial charge on any atom is -0.489 e. The first kappa shape index (κ1) is 24.4. The van der Waals surface area contributed by atoms with E-state index in [4.69, 9.17) is 18.9 Å². The van der Waals surface area contributed by atoms with E-state index in [2.05, 4.69) is 0 Å². The Morgan fingerprint density at radius 2 is 1.31 bits per heavy atom. The first-order valence-electron chi connectivity index (χ1n) is 14.8. The summed E-state index contributed by atoms with van der Waals surface area (Å²) in [6.07, 6.45) is 0.251. The number of ketones is 2. The van der Waals surface area contributed by atoms with Crippen molar-refractivity contribution in [3.8, 4) is 0 Å². The fourth-order valence-corrected chi connectivity index (χ4v) is 9.35. The largest absolute Gasteiger partial charge is 0.489 e. The molecule has 4 fully saturated rings. The standard InChI is InChI=1S/C34H28O8/c35-21-14-22(16-7-3-1-4-8-16)40-33-28(21)19-12-26(37)42-32(19)29-18-11-25-34(30(29)33,20-13-27(38)41-31(18)20)24(36)15-23(39-25)17-9-5-2-6-10-17/h1-11,18-20,22-23,29-32H,12-15H2/t18?,19-,20+,22+,23-,29-,30?,31+,32-,34?/m1/s1. The summed E-state index contributed by atoms with van der Waals surface area (Å²) in [6, 6.07) is 19.3. The molecule has 10 atom stereocenters. The molecule has 4 aliphatic carbocycles. The van der Waals surface area contributed by atoms with Gasteiger partial charge in [-0.1, -0.05) is 60.7 Å². The fourth-order valence-electron chi connectivity index (χ4n) is 9.35. The Morgan fingerprint density at radius 3 is 2.02 bits per heavy atom. The quantitative estimate of drug-likeness (QED) is 0.497. The van der Waals surface area contributed by atoms with E-state index < -0.39 is 47.6 Å². The number of ether oxygens (including phenoxy) is 4. The molecule has 3 saturated heterocycles. The highest BCUT2D eigenvalue weighted by Gasteiger charge is 2.77. The molecule has 4 heterocycles. The summed E-state index contributed by atoms with van der Waals surface area (Å²) in [6.45, 7) is 0. The van der Waals surface area contributed by atoms with Gasteiger partial charge in [-0.05, 0) is 17.2 Å². The summed E-state index contributed by atoms with van der Waals surface area (Å²) < 4.78 is 25.4. The molecular formula is C34H28O8. The normalized spacial score (nSPS) is 40.9. The third-order valence-corrected chi connectivity index (χ3v) is 10.8. The molecule has 212 valence electrons. The number of allylic oxidation sites excluding steroid dienone is 2. The zero-order valence-electron chi connectivity index (χ0n) is 22.6. The van der Waals surface area contributed by atoms with Crippen molar-refractivity contribution in [3.63, 3.8) is 0 Å². The number of benzene rings is 2. The van der Waals surface area contributed by atoms with Crippen LogP contribution < -0.4 is 0 Å². The molecule has 2 aromatic rings. The number of hydrogen-bond donors (Lipinski definition) is 0. The van der Waals surface area contributed by atoms with Crippen LogP contribution in [0.25, 0.3) is 0 Å². The lowest BCUT2D eigenvalue weighted by Crippen LogP contribution is -2.68. The van der Waals surface area contributed by atoms with Crippen LogP contribution in [0.15, 0.2) is 83.8 Å². The van der Waals surface area contributed by atoms with E-state index in [9.17, 15) is 19.2 Å². The minimum absolute atomic E-state index is 0.0530. The van der Waals surface area contributed by atoms with Crippen molar-refractivity contribution in [3.05, 3.63) is 95.0 Å². The van der Waals surface area contributed by atoms with Crippen molar-refractivity contribution in [2.45, 2.75) is 50.1 Å². The second-order valence-electron chi connectivity index (χ2n) is 12.6. The van der Waals surface area contributed by atoms with E-state index in [0.29, 0.717) is 17.1 Å². The van der Waals surface area contributed by atoms with Crippen LogP contribution in [0.5, 0.6) is 0 Å². The van der Waals surface area contributed by atoms with Gasteiger partial charge in [0.15, 0.2) is 11.6 Å². The van der Waals surface area contributed by atoms with Crippen molar-refractivity contribution >= 4 is 23.5 Å². The Labute approximate surface area is 241 Å². The van der Waals surface area contributed by atoms with Crippen LogP contribution in [-0.2, 0) is 38.1 Å². The molecule has 8 heteroatoms. The number of carbonyl (C=O) groups is 4. The number of hydrogen-bond acceptors (Lipinski definition) is 8. The second-order valence-corrected chi connectivity index (χ2v) is 12.6. The van der Waals surface area contributed by atoms with E-state index in [1.165, 1.54) is 0 Å². The summed E-state index contributed by atoms with van der Waals surface area (Å²) in [7, 11) is 0. The Kier molecular flexibility index (Phi) is 4.90. The number of Topliss-reactive ketones (excluding diaryl/α,β-unsaturated/α-hetero) is 2. The van der Waals surface area contributed by atoms with Crippen LogP contribution in [0.1, 0.15) is 49.0 Å². The second kappa shape index (κ2) is 8.43. The van der Waals surface area contributed by atoms with Gasteiger partial charge in [-0.3, -0.25) is 19.2 Å². The third-order valence-electron chi connectivity index (χ3n) is 10.8. The summed E-state index contributed by atoms with van der Waals surface area (Å²) in [5, 5.41) is 0. The predicted octanol–water partition coefficient (Wildman–Crippen LogP) is 4.33. The Balaban J connectivity index is 1.25. The smallest absolute Gasteiger partial charge is 0.306 e. The highest BCUT2D eigenvalue weighted by molar-refractivity contribution is 6.00. The van der Waals surface area contributed by atoms with E-state index in [1.54, 1.807) is 0 Å². The first-order valence-corrected chi connectivity index (χ1v) is 14.8. The van der Waals surface area contributed by atoms with Gasteiger partial charge in [0.05, 0.1) is 19.3 Å². The van der Waals surface area contributed by atoms with E-state index >= 15 is 0 Å². The predicted molar refractivity (Wildman–Crippen MR) is 144 cm³/mol. The number of carbonyl (C=O) groups excluding carboxylic acids is 4. The maximum absolute atomic E-state index is 14.8. The molecule has 0 amide bonds. The maximum atomic E-state index is 14.8. The summed E-state index contributed by atoms with van der Waals surface area (Å²) in [4.78, 5) is 54.4. The molecule has 8 aliphatic rings. The van der Waals surface area contributed by atoms with E-state index in [0.717, 1.165) is 11.1 Å². The Hall–Kier alpha value is -4.20. The zero-order chi connectivity index (χ0) is 28.3. The molecule has 1 spiro atoms. The molecule has 2 bridgehead atoms. The molecule has 8 nitrogen and oxygen atoms in total. The van der Waals surface area contributed by atoms with Gasteiger partial charge < -0.3 is 18.9 Å². The lowest BCUT2D eigenvalue weighted by Gasteiger charge is -2.63. The summed E-state index contributed by atoms with van der Waals surface area (Å²) in [5.41, 5.74) is 0.981. The molecule has 10 rings (SSSR count). The van der Waals surface area contributed by atoms with Crippen molar-refractivity contribution in [1.82, 2.24) is 0 Å². The molecule has 3 unspecified atom stereocenters. The van der Waals surface area contributed by atoms with Gasteiger partial charge >= 0.3 is 11.9 Å². The van der Waals surface area contributed by atoms with Crippen LogP contribution in [0.3, 0.4) is 0 Å².